The average molecular weight is 471 g/mol. The van der Waals surface area contributed by atoms with Crippen molar-refractivity contribution in [3.05, 3.63) is 69.1 Å². The van der Waals surface area contributed by atoms with Gasteiger partial charge in [0, 0.05) is 10.9 Å². The molecule has 0 aliphatic heterocycles. The second-order valence-corrected chi connectivity index (χ2v) is 8.88. The fourth-order valence-corrected chi connectivity index (χ4v) is 5.30. The van der Waals surface area contributed by atoms with Crippen molar-refractivity contribution < 1.29 is 19.1 Å². The highest BCUT2D eigenvalue weighted by Crippen LogP contribution is 2.39. The molecule has 0 fully saturated rings. The van der Waals surface area contributed by atoms with E-state index in [1.807, 2.05) is 0 Å². The monoisotopic (exact) mass is 470 g/mol. The Balaban J connectivity index is 1.67. The van der Waals surface area contributed by atoms with E-state index in [4.69, 9.17) is 21.1 Å². The van der Waals surface area contributed by atoms with E-state index in [-0.39, 0.29) is 11.8 Å². The Bertz CT molecular complexity index is 1170. The number of amides is 2. The largest absolute Gasteiger partial charge is 0.497 e. The third kappa shape index (κ3) is 4.45. The van der Waals surface area contributed by atoms with Crippen LogP contribution in [0.1, 0.15) is 44.0 Å². The van der Waals surface area contributed by atoms with Gasteiger partial charge in [0.2, 0.25) is 0 Å². The molecule has 2 amide bonds. The maximum absolute atomic E-state index is 13.4. The Kier molecular flexibility index (Phi) is 6.67. The molecule has 2 aromatic carbocycles. The lowest BCUT2D eigenvalue weighted by atomic mass is 9.95. The molecule has 32 heavy (non-hydrogen) atoms. The van der Waals surface area contributed by atoms with Crippen molar-refractivity contribution in [1.82, 2.24) is 0 Å². The fourth-order valence-electron chi connectivity index (χ4n) is 3.80. The number of ether oxygens (including phenoxy) is 2. The van der Waals surface area contributed by atoms with Gasteiger partial charge in [-0.1, -0.05) is 23.7 Å². The van der Waals surface area contributed by atoms with Crippen LogP contribution in [0.25, 0.3) is 0 Å². The Morgan fingerprint density at radius 1 is 0.969 bits per heavy atom. The topological polar surface area (TPSA) is 76.7 Å². The molecule has 0 saturated carbocycles. The van der Waals surface area contributed by atoms with Gasteiger partial charge in [-0.2, -0.15) is 0 Å². The highest BCUT2D eigenvalue weighted by atomic mass is 35.5. The summed E-state index contributed by atoms with van der Waals surface area (Å²) in [6, 6.07) is 12.0. The van der Waals surface area contributed by atoms with Crippen LogP contribution in [0.3, 0.4) is 0 Å². The molecule has 2 N–H and O–H groups in total. The van der Waals surface area contributed by atoms with Crippen molar-refractivity contribution in [1.29, 1.82) is 0 Å². The van der Waals surface area contributed by atoms with Gasteiger partial charge in [-0.3, -0.25) is 9.59 Å². The normalized spacial score (nSPS) is 12.6. The predicted molar refractivity (Wildman–Crippen MR) is 128 cm³/mol. The van der Waals surface area contributed by atoms with Crippen molar-refractivity contribution in [3.63, 3.8) is 0 Å². The van der Waals surface area contributed by atoms with E-state index < -0.39 is 0 Å². The summed E-state index contributed by atoms with van der Waals surface area (Å²) in [7, 11) is 3.10. The molecular formula is C24H23ClN2O4S. The van der Waals surface area contributed by atoms with Crippen LogP contribution in [0.5, 0.6) is 11.5 Å². The highest BCUT2D eigenvalue weighted by Gasteiger charge is 2.27. The second-order valence-electron chi connectivity index (χ2n) is 7.37. The zero-order chi connectivity index (χ0) is 22.7. The summed E-state index contributed by atoms with van der Waals surface area (Å²) in [6.45, 7) is 0. The first-order valence-electron chi connectivity index (χ1n) is 10.3. The third-order valence-electron chi connectivity index (χ3n) is 5.40. The number of rotatable bonds is 6. The van der Waals surface area contributed by atoms with Crippen molar-refractivity contribution in [3.8, 4) is 11.5 Å². The average Bonchev–Trinajstić information content (AvgIpc) is 3.17. The molecule has 1 aromatic heterocycles. The molecule has 0 unspecified atom stereocenters. The molecule has 0 spiro atoms. The van der Waals surface area contributed by atoms with E-state index in [0.29, 0.717) is 38.3 Å². The van der Waals surface area contributed by atoms with E-state index >= 15 is 0 Å². The number of nitrogens with one attached hydrogen (secondary N) is 2. The number of halogens is 1. The van der Waals surface area contributed by atoms with Gasteiger partial charge in [-0.15, -0.1) is 11.3 Å². The number of anilines is 2. The molecule has 0 bridgehead atoms. The van der Waals surface area contributed by atoms with Gasteiger partial charge >= 0.3 is 0 Å². The fraction of sp³-hybridized carbons (Fsp3) is 0.250. The predicted octanol–water partition coefficient (Wildman–Crippen LogP) is 5.80. The summed E-state index contributed by atoms with van der Waals surface area (Å²) in [5.41, 5.74) is 2.39. The van der Waals surface area contributed by atoms with Gasteiger partial charge in [0.05, 0.1) is 36.1 Å². The van der Waals surface area contributed by atoms with E-state index in [1.165, 1.54) is 18.4 Å². The first-order chi connectivity index (χ1) is 15.5. The summed E-state index contributed by atoms with van der Waals surface area (Å²) >= 11 is 7.65. The van der Waals surface area contributed by atoms with Crippen molar-refractivity contribution in [2.45, 2.75) is 25.7 Å². The number of benzene rings is 2. The van der Waals surface area contributed by atoms with E-state index in [2.05, 4.69) is 10.6 Å². The lowest BCUT2D eigenvalue weighted by Gasteiger charge is -2.15. The minimum atomic E-state index is -0.342. The lowest BCUT2D eigenvalue weighted by molar-refractivity contribution is 0.102. The Labute approximate surface area is 195 Å². The number of carbonyl (C=O) groups excluding carboxylic acids is 2. The van der Waals surface area contributed by atoms with Crippen molar-refractivity contribution in [2.24, 2.45) is 0 Å². The first kappa shape index (κ1) is 22.2. The molecule has 0 atom stereocenters. The molecule has 1 heterocycles. The number of methoxy groups -OCH3 is 2. The minimum absolute atomic E-state index is 0.290. The Morgan fingerprint density at radius 3 is 2.50 bits per heavy atom. The number of hydrogen-bond donors (Lipinski definition) is 2. The third-order valence-corrected chi connectivity index (χ3v) is 6.94. The van der Waals surface area contributed by atoms with Gasteiger partial charge < -0.3 is 20.1 Å². The van der Waals surface area contributed by atoms with E-state index in [0.717, 1.165) is 36.1 Å². The van der Waals surface area contributed by atoms with Crippen LogP contribution in [0.2, 0.25) is 5.02 Å². The molecule has 166 valence electrons. The number of fused-ring (bicyclic) bond motifs is 1. The number of thiophene rings is 1. The van der Waals surface area contributed by atoms with Gasteiger partial charge in [0.1, 0.15) is 16.5 Å². The molecule has 4 rings (SSSR count). The van der Waals surface area contributed by atoms with Gasteiger partial charge in [-0.05, 0) is 55.5 Å². The molecule has 3 aromatic rings. The standard InChI is InChI=1S/C24H23ClN2O4S/c1-30-14-11-12-18(19(13-14)31-2)26-23(29)21-16-8-4-6-10-20(16)32-24(21)27-22(28)15-7-3-5-9-17(15)25/h3,5,7,9,11-13H,4,6,8,10H2,1-2H3,(H,26,29)(H,27,28). The number of carbonyl (C=O) groups is 2. The summed E-state index contributed by atoms with van der Waals surface area (Å²) in [6.07, 6.45) is 3.77. The zero-order valence-electron chi connectivity index (χ0n) is 17.8. The van der Waals surface area contributed by atoms with E-state index in [9.17, 15) is 9.59 Å². The maximum atomic E-state index is 13.4. The second kappa shape index (κ2) is 9.63. The summed E-state index contributed by atoms with van der Waals surface area (Å²) in [5.74, 6) is 0.483. The minimum Gasteiger partial charge on any atom is -0.497 e. The van der Waals surface area contributed by atoms with Crippen LogP contribution >= 0.6 is 22.9 Å². The van der Waals surface area contributed by atoms with Crippen LogP contribution in [0, 0.1) is 0 Å². The molecule has 0 saturated heterocycles. The van der Waals surface area contributed by atoms with Crippen LogP contribution in [0.4, 0.5) is 10.7 Å². The molecule has 0 radical (unpaired) electrons. The summed E-state index contributed by atoms with van der Waals surface area (Å²) in [4.78, 5) is 27.4. The molecule has 6 nitrogen and oxygen atoms in total. The molecule has 8 heteroatoms. The molecular weight excluding hydrogens is 448 g/mol. The maximum Gasteiger partial charge on any atom is 0.259 e. The van der Waals surface area contributed by atoms with Crippen LogP contribution < -0.4 is 20.1 Å². The zero-order valence-corrected chi connectivity index (χ0v) is 19.4. The van der Waals surface area contributed by atoms with Crippen LogP contribution in [-0.4, -0.2) is 26.0 Å². The summed E-state index contributed by atoms with van der Waals surface area (Å²) < 4.78 is 10.6. The van der Waals surface area contributed by atoms with Gasteiger partial charge in [0.25, 0.3) is 11.8 Å². The lowest BCUT2D eigenvalue weighted by Crippen LogP contribution is -2.19. The molecule has 1 aliphatic carbocycles. The number of aryl methyl sites for hydroxylation is 1. The number of hydrogen-bond acceptors (Lipinski definition) is 5. The van der Waals surface area contributed by atoms with Gasteiger partial charge in [-0.25, -0.2) is 0 Å². The quantitative estimate of drug-likeness (QED) is 0.477. The summed E-state index contributed by atoms with van der Waals surface area (Å²) in [5, 5.41) is 6.76. The highest BCUT2D eigenvalue weighted by molar-refractivity contribution is 7.17. The van der Waals surface area contributed by atoms with E-state index in [1.54, 1.807) is 49.6 Å². The SMILES string of the molecule is COc1ccc(NC(=O)c2c(NC(=O)c3ccccc3Cl)sc3c2CCCC3)c(OC)c1. The first-order valence-corrected chi connectivity index (χ1v) is 11.4. The Morgan fingerprint density at radius 2 is 1.75 bits per heavy atom. The smallest absolute Gasteiger partial charge is 0.259 e. The molecule has 1 aliphatic rings. The van der Waals surface area contributed by atoms with Crippen molar-refractivity contribution in [2.75, 3.05) is 24.9 Å². The van der Waals surface area contributed by atoms with Crippen LogP contribution in [0.15, 0.2) is 42.5 Å². The van der Waals surface area contributed by atoms with Gasteiger partial charge in [0.15, 0.2) is 0 Å². The van der Waals surface area contributed by atoms with Crippen LogP contribution in [-0.2, 0) is 12.8 Å². The Hall–Kier alpha value is -3.03. The van der Waals surface area contributed by atoms with Crippen molar-refractivity contribution >= 4 is 45.4 Å².